The average Bonchev–Trinajstić information content (AvgIpc) is 3.20. The maximum Gasteiger partial charge on any atom is 0.272 e. The zero-order chi connectivity index (χ0) is 22.0. The Kier molecular flexibility index (Phi) is 5.75. The van der Waals surface area contributed by atoms with Crippen LogP contribution in [0.4, 0.5) is 5.69 Å². The third kappa shape index (κ3) is 4.30. The summed E-state index contributed by atoms with van der Waals surface area (Å²) in [6.45, 7) is 5.31. The molecule has 1 aliphatic heterocycles. The number of nitrogens with one attached hydrogen (secondary N) is 2. The standard InChI is InChI=1S/C22H25N5O4/c1-3-31-17-6-4-16(5-7-17)24-22(30)18-13-23-27-20(29)12-19(25-21(18)27)15-8-10-26(11-9-15)14(2)28/h4-7,12-13,15,23H,3,8-11H2,1-2H3,(H,24,30). The van der Waals surface area contributed by atoms with Gasteiger partial charge in [-0.05, 0) is 44.0 Å². The quantitative estimate of drug-likeness (QED) is 0.655. The lowest BCUT2D eigenvalue weighted by molar-refractivity contribution is -0.129. The Bertz CT molecular complexity index is 1160. The van der Waals surface area contributed by atoms with Gasteiger partial charge in [0, 0.05) is 43.9 Å². The lowest BCUT2D eigenvalue weighted by atomic mass is 9.93. The number of H-pyrrole nitrogens is 1. The minimum absolute atomic E-state index is 0.0563. The smallest absolute Gasteiger partial charge is 0.272 e. The van der Waals surface area contributed by atoms with E-state index in [0.29, 0.717) is 36.7 Å². The summed E-state index contributed by atoms with van der Waals surface area (Å²) in [5, 5.41) is 5.64. The van der Waals surface area contributed by atoms with Crippen LogP contribution in [0.3, 0.4) is 0 Å². The zero-order valence-corrected chi connectivity index (χ0v) is 17.6. The largest absolute Gasteiger partial charge is 0.494 e. The first kappa shape index (κ1) is 20.6. The highest BCUT2D eigenvalue weighted by molar-refractivity contribution is 6.08. The molecule has 9 heteroatoms. The summed E-state index contributed by atoms with van der Waals surface area (Å²) in [6, 6.07) is 8.58. The van der Waals surface area contributed by atoms with E-state index in [4.69, 9.17) is 4.74 Å². The summed E-state index contributed by atoms with van der Waals surface area (Å²) in [4.78, 5) is 43.4. The SMILES string of the molecule is CCOc1ccc(NC(=O)c2c[nH]n3c(=O)cc(C4CCN(C(C)=O)CC4)nc23)cc1. The lowest BCUT2D eigenvalue weighted by Crippen LogP contribution is -2.36. The molecule has 162 valence electrons. The first-order chi connectivity index (χ1) is 15.0. The second-order valence-electron chi connectivity index (χ2n) is 7.56. The predicted octanol–water partition coefficient (Wildman–Crippen LogP) is 2.40. The fourth-order valence-electron chi connectivity index (χ4n) is 3.87. The third-order valence-electron chi connectivity index (χ3n) is 5.54. The molecule has 1 aromatic carbocycles. The lowest BCUT2D eigenvalue weighted by Gasteiger charge is -2.30. The first-order valence-corrected chi connectivity index (χ1v) is 10.4. The van der Waals surface area contributed by atoms with E-state index in [0.717, 1.165) is 18.6 Å². The van der Waals surface area contributed by atoms with E-state index in [-0.39, 0.29) is 28.9 Å². The van der Waals surface area contributed by atoms with Crippen molar-refractivity contribution in [2.24, 2.45) is 0 Å². The van der Waals surface area contributed by atoms with Crippen LogP contribution in [0.1, 0.15) is 48.7 Å². The van der Waals surface area contributed by atoms with Gasteiger partial charge in [-0.25, -0.2) is 9.50 Å². The van der Waals surface area contributed by atoms with Gasteiger partial charge in [-0.3, -0.25) is 19.5 Å². The Balaban J connectivity index is 1.57. The molecule has 0 spiro atoms. The Morgan fingerprint density at radius 2 is 1.94 bits per heavy atom. The van der Waals surface area contributed by atoms with Crippen molar-refractivity contribution in [2.45, 2.75) is 32.6 Å². The van der Waals surface area contributed by atoms with Crippen molar-refractivity contribution in [3.63, 3.8) is 0 Å². The van der Waals surface area contributed by atoms with Crippen molar-refractivity contribution in [3.05, 3.63) is 58.1 Å². The van der Waals surface area contributed by atoms with Crippen LogP contribution in [-0.2, 0) is 4.79 Å². The third-order valence-corrected chi connectivity index (χ3v) is 5.54. The number of nitrogens with zero attached hydrogens (tertiary/aromatic N) is 3. The summed E-state index contributed by atoms with van der Waals surface area (Å²) >= 11 is 0. The summed E-state index contributed by atoms with van der Waals surface area (Å²) in [6.07, 6.45) is 2.95. The van der Waals surface area contributed by atoms with Gasteiger partial charge in [0.2, 0.25) is 5.91 Å². The summed E-state index contributed by atoms with van der Waals surface area (Å²) in [7, 11) is 0. The van der Waals surface area contributed by atoms with Gasteiger partial charge in [0.05, 0.1) is 12.3 Å². The number of hydrogen-bond donors (Lipinski definition) is 2. The Hall–Kier alpha value is -3.62. The fraction of sp³-hybridized carbons (Fsp3) is 0.364. The highest BCUT2D eigenvalue weighted by Crippen LogP contribution is 2.27. The highest BCUT2D eigenvalue weighted by atomic mass is 16.5. The minimum Gasteiger partial charge on any atom is -0.494 e. The number of ether oxygens (including phenoxy) is 1. The number of anilines is 1. The van der Waals surface area contributed by atoms with Crippen molar-refractivity contribution < 1.29 is 14.3 Å². The van der Waals surface area contributed by atoms with Gasteiger partial charge in [-0.1, -0.05) is 0 Å². The van der Waals surface area contributed by atoms with E-state index in [1.165, 1.54) is 16.8 Å². The molecule has 3 aromatic rings. The number of carbonyl (C=O) groups excluding carboxylic acids is 2. The summed E-state index contributed by atoms with van der Waals surface area (Å²) in [5.41, 5.74) is 1.58. The number of fused-ring (bicyclic) bond motifs is 1. The van der Waals surface area contributed by atoms with Crippen LogP contribution in [-0.4, -0.2) is 51.0 Å². The minimum atomic E-state index is -0.363. The molecule has 2 aromatic heterocycles. The van der Waals surface area contributed by atoms with Gasteiger partial charge in [-0.15, -0.1) is 0 Å². The van der Waals surface area contributed by atoms with Crippen LogP contribution < -0.4 is 15.6 Å². The molecular formula is C22H25N5O4. The number of likely N-dealkylation sites (tertiary alicyclic amines) is 1. The van der Waals surface area contributed by atoms with Gasteiger partial charge in [0.25, 0.3) is 11.5 Å². The van der Waals surface area contributed by atoms with E-state index in [1.807, 2.05) is 6.92 Å². The molecule has 0 aliphatic carbocycles. The maximum atomic E-state index is 12.9. The molecule has 0 bridgehead atoms. The first-order valence-electron chi connectivity index (χ1n) is 10.4. The topological polar surface area (TPSA) is 109 Å². The van der Waals surface area contributed by atoms with Crippen LogP contribution >= 0.6 is 0 Å². The molecule has 1 fully saturated rings. The molecule has 2 N–H and O–H groups in total. The molecule has 0 unspecified atom stereocenters. The van der Waals surface area contributed by atoms with Gasteiger partial charge in [-0.2, -0.15) is 0 Å². The molecule has 3 heterocycles. The Morgan fingerprint density at radius 3 is 2.58 bits per heavy atom. The predicted molar refractivity (Wildman–Crippen MR) is 116 cm³/mol. The van der Waals surface area contributed by atoms with Crippen molar-refractivity contribution in [2.75, 3.05) is 25.0 Å². The number of carbonyl (C=O) groups is 2. The van der Waals surface area contributed by atoms with Gasteiger partial charge < -0.3 is 15.0 Å². The van der Waals surface area contributed by atoms with Crippen molar-refractivity contribution in [3.8, 4) is 5.75 Å². The van der Waals surface area contributed by atoms with E-state index in [2.05, 4.69) is 15.4 Å². The molecule has 0 atom stereocenters. The van der Waals surface area contributed by atoms with Crippen LogP contribution in [0.2, 0.25) is 0 Å². The monoisotopic (exact) mass is 423 g/mol. The molecule has 31 heavy (non-hydrogen) atoms. The molecule has 0 saturated carbocycles. The van der Waals surface area contributed by atoms with Crippen molar-refractivity contribution >= 4 is 23.1 Å². The highest BCUT2D eigenvalue weighted by Gasteiger charge is 2.25. The van der Waals surface area contributed by atoms with Gasteiger partial charge in [0.1, 0.15) is 11.3 Å². The van der Waals surface area contributed by atoms with Crippen LogP contribution in [0, 0.1) is 0 Å². The average molecular weight is 423 g/mol. The van der Waals surface area contributed by atoms with Gasteiger partial charge >= 0.3 is 0 Å². The molecule has 1 saturated heterocycles. The number of rotatable bonds is 5. The number of benzene rings is 1. The number of piperidine rings is 1. The van der Waals surface area contributed by atoms with Gasteiger partial charge in [0.15, 0.2) is 5.65 Å². The zero-order valence-electron chi connectivity index (χ0n) is 17.6. The molecule has 2 amide bonds. The van der Waals surface area contributed by atoms with Crippen molar-refractivity contribution in [1.82, 2.24) is 19.5 Å². The summed E-state index contributed by atoms with van der Waals surface area (Å²) < 4.78 is 6.68. The molecular weight excluding hydrogens is 398 g/mol. The number of amides is 2. The molecule has 4 rings (SSSR count). The second kappa shape index (κ2) is 8.63. The fourth-order valence-corrected chi connectivity index (χ4v) is 3.87. The number of aromatic nitrogens is 3. The molecule has 9 nitrogen and oxygen atoms in total. The van der Waals surface area contributed by atoms with E-state index < -0.39 is 0 Å². The van der Waals surface area contributed by atoms with E-state index >= 15 is 0 Å². The summed E-state index contributed by atoms with van der Waals surface area (Å²) in [5.74, 6) is 0.491. The maximum absolute atomic E-state index is 12.9. The normalized spacial score (nSPS) is 14.6. The number of hydrogen-bond acceptors (Lipinski definition) is 5. The van der Waals surface area contributed by atoms with Crippen LogP contribution in [0.15, 0.2) is 41.3 Å². The molecule has 1 aliphatic rings. The Labute approximate surface area is 179 Å². The van der Waals surface area contributed by atoms with E-state index in [9.17, 15) is 14.4 Å². The van der Waals surface area contributed by atoms with E-state index in [1.54, 1.807) is 36.1 Å². The molecule has 0 radical (unpaired) electrons. The second-order valence-corrected chi connectivity index (χ2v) is 7.56. The van der Waals surface area contributed by atoms with Crippen molar-refractivity contribution in [1.29, 1.82) is 0 Å². The van der Waals surface area contributed by atoms with Crippen LogP contribution in [0.25, 0.3) is 5.65 Å². The Morgan fingerprint density at radius 1 is 1.23 bits per heavy atom. The number of aromatic amines is 1. The van der Waals surface area contributed by atoms with Crippen LogP contribution in [0.5, 0.6) is 5.75 Å².